The van der Waals surface area contributed by atoms with Crippen molar-refractivity contribution < 1.29 is 0 Å². The molecule has 0 aliphatic heterocycles. The van der Waals surface area contributed by atoms with Crippen LogP contribution in [0.4, 0.5) is 0 Å². The number of aromatic nitrogens is 2. The van der Waals surface area contributed by atoms with Crippen molar-refractivity contribution in [2.75, 3.05) is 0 Å². The molecule has 0 radical (unpaired) electrons. The van der Waals surface area contributed by atoms with E-state index in [0.717, 1.165) is 0 Å². The highest BCUT2D eigenvalue weighted by Crippen LogP contribution is 2.44. The molecule has 1 aliphatic rings. The molecule has 2 nitrogen and oxygen atoms in total. The molecule has 2 heteroatoms. The largest absolute Gasteiger partial charge is 0.313 e. The first kappa shape index (κ1) is 25.9. The van der Waals surface area contributed by atoms with E-state index in [-0.39, 0.29) is 11.8 Å². The first-order chi connectivity index (χ1) is 22.3. The van der Waals surface area contributed by atoms with E-state index < -0.39 is 0 Å². The molecule has 8 aromatic rings. The molecule has 2 unspecified atom stereocenters. The number of para-hydroxylation sites is 4. The standard InChI is InChI=1S/C43H32N2/c1-29-32(22-13-27-39(29)45-42-25-10-6-20-37(42)38-21-7-11-26-43(38)45)34-17-3-2-16-33(34)30-14-12-15-31(28-30)44-40-23-8-4-18-35(40)36-19-5-9-24-41(36)44/h2-29,32H,1H3. The fraction of sp³-hybridized carbons (Fsp3) is 0.0698. The molecule has 0 bridgehead atoms. The third kappa shape index (κ3) is 3.96. The van der Waals surface area contributed by atoms with Crippen molar-refractivity contribution in [3.8, 4) is 16.8 Å². The van der Waals surface area contributed by atoms with E-state index in [2.05, 4.69) is 180 Å². The Bertz CT molecular complexity index is 2360. The second kappa shape index (κ2) is 10.2. The quantitative estimate of drug-likeness (QED) is 0.197. The van der Waals surface area contributed by atoms with E-state index in [1.807, 2.05) is 0 Å². The third-order valence-corrected chi connectivity index (χ3v) is 9.74. The topological polar surface area (TPSA) is 9.86 Å². The summed E-state index contributed by atoms with van der Waals surface area (Å²) in [4.78, 5) is 0. The minimum atomic E-state index is 0.234. The highest BCUT2D eigenvalue weighted by atomic mass is 15.0. The van der Waals surface area contributed by atoms with Gasteiger partial charge >= 0.3 is 0 Å². The van der Waals surface area contributed by atoms with Crippen LogP contribution in [-0.4, -0.2) is 9.13 Å². The van der Waals surface area contributed by atoms with Crippen LogP contribution in [0.3, 0.4) is 0 Å². The lowest BCUT2D eigenvalue weighted by atomic mass is 9.79. The molecule has 2 aromatic heterocycles. The van der Waals surface area contributed by atoms with Crippen LogP contribution in [0.25, 0.3) is 66.1 Å². The molecule has 9 rings (SSSR count). The first-order valence-electron chi connectivity index (χ1n) is 15.8. The molecule has 6 aromatic carbocycles. The molecule has 0 N–H and O–H groups in total. The van der Waals surface area contributed by atoms with Crippen molar-refractivity contribution in [1.82, 2.24) is 9.13 Å². The maximum Gasteiger partial charge on any atom is 0.0541 e. The van der Waals surface area contributed by atoms with Gasteiger partial charge < -0.3 is 9.13 Å². The van der Waals surface area contributed by atoms with Crippen molar-refractivity contribution in [1.29, 1.82) is 0 Å². The van der Waals surface area contributed by atoms with Gasteiger partial charge in [-0.1, -0.05) is 128 Å². The number of allylic oxidation sites excluding steroid dienone is 4. The number of rotatable bonds is 4. The second-order valence-corrected chi connectivity index (χ2v) is 12.2. The van der Waals surface area contributed by atoms with Crippen molar-refractivity contribution in [3.63, 3.8) is 0 Å². The minimum absolute atomic E-state index is 0.234. The van der Waals surface area contributed by atoms with Crippen molar-refractivity contribution >= 4 is 49.3 Å². The number of fused-ring (bicyclic) bond motifs is 6. The Labute approximate surface area is 262 Å². The Hall–Kier alpha value is -5.60. The van der Waals surface area contributed by atoms with E-state index in [1.165, 1.54) is 71.7 Å². The average Bonchev–Trinajstić information content (AvgIpc) is 3.62. The lowest BCUT2D eigenvalue weighted by Gasteiger charge is -2.30. The third-order valence-electron chi connectivity index (χ3n) is 9.74. The highest BCUT2D eigenvalue weighted by molar-refractivity contribution is 6.10. The number of hydrogen-bond donors (Lipinski definition) is 0. The van der Waals surface area contributed by atoms with E-state index in [4.69, 9.17) is 0 Å². The predicted molar refractivity (Wildman–Crippen MR) is 191 cm³/mol. The number of nitrogens with zero attached hydrogens (tertiary/aromatic N) is 2. The number of benzene rings is 6. The van der Waals surface area contributed by atoms with Crippen LogP contribution in [-0.2, 0) is 0 Å². The van der Waals surface area contributed by atoms with Crippen LogP contribution >= 0.6 is 0 Å². The smallest absolute Gasteiger partial charge is 0.0541 e. The summed E-state index contributed by atoms with van der Waals surface area (Å²) in [5.41, 5.74) is 11.4. The SMILES string of the molecule is CC1C(n2c3ccccc3c3ccccc32)=CC=CC1c1ccccc1-c1cccc(-n2c3ccccc3c3ccccc32)c1. The molecule has 2 atom stereocenters. The summed E-state index contributed by atoms with van der Waals surface area (Å²) < 4.78 is 4.89. The summed E-state index contributed by atoms with van der Waals surface area (Å²) >= 11 is 0. The molecular weight excluding hydrogens is 544 g/mol. The summed E-state index contributed by atoms with van der Waals surface area (Å²) in [6.07, 6.45) is 6.96. The zero-order valence-corrected chi connectivity index (χ0v) is 25.1. The molecule has 0 saturated carbocycles. The fourth-order valence-electron chi connectivity index (χ4n) is 7.69. The van der Waals surface area contributed by atoms with Gasteiger partial charge in [0, 0.05) is 44.8 Å². The second-order valence-electron chi connectivity index (χ2n) is 12.2. The van der Waals surface area contributed by atoms with E-state index in [9.17, 15) is 0 Å². The summed E-state index contributed by atoms with van der Waals surface area (Å²) in [5, 5.41) is 5.16. The van der Waals surface area contributed by atoms with Crippen molar-refractivity contribution in [3.05, 3.63) is 169 Å². The van der Waals surface area contributed by atoms with Crippen LogP contribution in [0, 0.1) is 5.92 Å². The summed E-state index contributed by atoms with van der Waals surface area (Å²) in [7, 11) is 0. The van der Waals surface area contributed by atoms with Crippen molar-refractivity contribution in [2.24, 2.45) is 5.92 Å². The highest BCUT2D eigenvalue weighted by Gasteiger charge is 2.28. The molecule has 2 heterocycles. The lowest BCUT2D eigenvalue weighted by molar-refractivity contribution is 0.632. The summed E-state index contributed by atoms with van der Waals surface area (Å²) in [6.45, 7) is 2.38. The van der Waals surface area contributed by atoms with Crippen LogP contribution < -0.4 is 0 Å². The van der Waals surface area contributed by atoms with Gasteiger partial charge in [-0.05, 0) is 59.2 Å². The van der Waals surface area contributed by atoms with Crippen LogP contribution in [0.15, 0.2) is 164 Å². The zero-order valence-electron chi connectivity index (χ0n) is 25.1. The number of hydrogen-bond acceptors (Lipinski definition) is 0. The summed E-state index contributed by atoms with van der Waals surface area (Å²) in [5.74, 6) is 0.508. The molecule has 45 heavy (non-hydrogen) atoms. The van der Waals surface area contributed by atoms with Gasteiger partial charge in [0.05, 0.1) is 22.1 Å². The fourth-order valence-corrected chi connectivity index (χ4v) is 7.69. The van der Waals surface area contributed by atoms with Gasteiger partial charge in [-0.3, -0.25) is 0 Å². The van der Waals surface area contributed by atoms with Crippen LogP contribution in [0.5, 0.6) is 0 Å². The van der Waals surface area contributed by atoms with Gasteiger partial charge in [-0.25, -0.2) is 0 Å². The normalized spacial score (nSPS) is 16.6. The molecule has 1 aliphatic carbocycles. The Morgan fingerprint density at radius 3 is 1.60 bits per heavy atom. The van der Waals surface area contributed by atoms with Gasteiger partial charge in [-0.2, -0.15) is 0 Å². The monoisotopic (exact) mass is 576 g/mol. The molecule has 214 valence electrons. The van der Waals surface area contributed by atoms with Gasteiger partial charge in [0.2, 0.25) is 0 Å². The average molecular weight is 577 g/mol. The van der Waals surface area contributed by atoms with Gasteiger partial charge in [0.15, 0.2) is 0 Å². The van der Waals surface area contributed by atoms with Gasteiger partial charge in [0.25, 0.3) is 0 Å². The van der Waals surface area contributed by atoms with Crippen LogP contribution in [0.2, 0.25) is 0 Å². The molecular formula is C43H32N2. The Kier molecular flexibility index (Phi) is 5.89. The first-order valence-corrected chi connectivity index (χ1v) is 15.8. The Morgan fingerprint density at radius 2 is 1.00 bits per heavy atom. The minimum Gasteiger partial charge on any atom is -0.313 e. The maximum absolute atomic E-state index is 2.48. The van der Waals surface area contributed by atoms with Gasteiger partial charge in [-0.15, -0.1) is 0 Å². The lowest BCUT2D eigenvalue weighted by Crippen LogP contribution is -2.17. The maximum atomic E-state index is 2.48. The zero-order chi connectivity index (χ0) is 29.9. The summed E-state index contributed by atoms with van der Waals surface area (Å²) in [6, 6.07) is 53.1. The Balaban J connectivity index is 1.16. The van der Waals surface area contributed by atoms with E-state index >= 15 is 0 Å². The van der Waals surface area contributed by atoms with Gasteiger partial charge in [0.1, 0.15) is 0 Å². The molecule has 0 saturated heterocycles. The van der Waals surface area contributed by atoms with Crippen molar-refractivity contribution in [2.45, 2.75) is 12.8 Å². The molecule has 0 amide bonds. The van der Waals surface area contributed by atoms with E-state index in [1.54, 1.807) is 0 Å². The predicted octanol–water partition coefficient (Wildman–Crippen LogP) is 11.4. The van der Waals surface area contributed by atoms with E-state index in [0.29, 0.717) is 0 Å². The van der Waals surface area contributed by atoms with Crippen LogP contribution in [0.1, 0.15) is 18.4 Å². The molecule has 0 spiro atoms. The molecule has 0 fully saturated rings. The Morgan fingerprint density at radius 1 is 0.489 bits per heavy atom.